The van der Waals surface area contributed by atoms with Gasteiger partial charge >= 0.3 is 0 Å². The molecule has 2 heterocycles. The molecular weight excluding hydrogens is 356 g/mol. The maximum Gasteiger partial charge on any atom is 0.251 e. The molecule has 1 aromatic rings. The molecule has 3 rings (SSSR count). The van der Waals surface area contributed by atoms with Crippen molar-refractivity contribution >= 4 is 15.9 Å². The minimum absolute atomic E-state index is 0.183. The second-order valence-corrected chi connectivity index (χ2v) is 8.58. The molecule has 1 aromatic carbocycles. The molecule has 144 valence electrons. The van der Waals surface area contributed by atoms with Crippen LogP contribution < -0.4 is 5.32 Å². The van der Waals surface area contributed by atoms with Crippen LogP contribution in [0.2, 0.25) is 0 Å². The number of piperidine rings is 1. The van der Waals surface area contributed by atoms with Gasteiger partial charge in [0.2, 0.25) is 10.0 Å². The van der Waals surface area contributed by atoms with Gasteiger partial charge in [-0.15, -0.1) is 0 Å². The highest BCUT2D eigenvalue weighted by atomic mass is 32.2. The van der Waals surface area contributed by atoms with Gasteiger partial charge in [-0.25, -0.2) is 8.42 Å². The molecule has 2 fully saturated rings. The average molecular weight is 382 g/mol. The number of nitrogens with one attached hydrogen (secondary N) is 1. The Bertz CT molecular complexity index is 716. The highest BCUT2D eigenvalue weighted by Gasteiger charge is 2.42. The first-order valence-electron chi connectivity index (χ1n) is 9.13. The molecule has 0 unspecified atom stereocenters. The van der Waals surface area contributed by atoms with Gasteiger partial charge in [-0.3, -0.25) is 4.79 Å². The van der Waals surface area contributed by atoms with E-state index in [1.54, 1.807) is 12.1 Å². The molecule has 1 spiro atoms. The number of hydrogen-bond acceptors (Lipinski definition) is 5. The molecule has 7 nitrogen and oxygen atoms in total. The lowest BCUT2D eigenvalue weighted by Crippen LogP contribution is -2.47. The van der Waals surface area contributed by atoms with Crippen LogP contribution in [0.3, 0.4) is 0 Å². The normalized spacial score (nSPS) is 20.3. The van der Waals surface area contributed by atoms with E-state index in [2.05, 4.69) is 12.2 Å². The number of amides is 1. The van der Waals surface area contributed by atoms with Crippen LogP contribution in [-0.4, -0.2) is 57.3 Å². The van der Waals surface area contributed by atoms with E-state index in [4.69, 9.17) is 9.47 Å². The average Bonchev–Trinajstić information content (AvgIpc) is 3.10. The van der Waals surface area contributed by atoms with E-state index in [0.29, 0.717) is 51.3 Å². The number of ether oxygens (including phenoxy) is 2. The largest absolute Gasteiger partial charge is 0.352 e. The number of unbranched alkanes of at least 4 members (excludes halogenated alkanes) is 1. The lowest BCUT2D eigenvalue weighted by Gasteiger charge is -2.36. The zero-order valence-corrected chi connectivity index (χ0v) is 15.9. The van der Waals surface area contributed by atoms with Gasteiger partial charge in [0.05, 0.1) is 18.1 Å². The first-order valence-corrected chi connectivity index (χ1v) is 10.6. The smallest absolute Gasteiger partial charge is 0.251 e. The molecule has 2 aliphatic heterocycles. The van der Waals surface area contributed by atoms with Gasteiger partial charge in [0.15, 0.2) is 5.79 Å². The van der Waals surface area contributed by atoms with Crippen molar-refractivity contribution in [2.75, 3.05) is 32.8 Å². The molecule has 0 saturated carbocycles. The van der Waals surface area contributed by atoms with Crippen molar-refractivity contribution in [3.63, 3.8) is 0 Å². The Balaban J connectivity index is 1.63. The summed E-state index contributed by atoms with van der Waals surface area (Å²) in [4.78, 5) is 12.2. The van der Waals surface area contributed by atoms with E-state index >= 15 is 0 Å². The molecule has 2 aliphatic rings. The third-order valence-electron chi connectivity index (χ3n) is 4.87. The van der Waals surface area contributed by atoms with Crippen molar-refractivity contribution < 1.29 is 22.7 Å². The fourth-order valence-electron chi connectivity index (χ4n) is 3.26. The predicted molar refractivity (Wildman–Crippen MR) is 96.3 cm³/mol. The van der Waals surface area contributed by atoms with Crippen molar-refractivity contribution in [3.8, 4) is 0 Å². The van der Waals surface area contributed by atoms with Crippen molar-refractivity contribution in [3.05, 3.63) is 29.8 Å². The second-order valence-electron chi connectivity index (χ2n) is 6.65. The van der Waals surface area contributed by atoms with Crippen molar-refractivity contribution in [1.29, 1.82) is 0 Å². The Morgan fingerprint density at radius 2 is 1.77 bits per heavy atom. The molecule has 2 saturated heterocycles. The number of nitrogens with zero attached hydrogens (tertiary/aromatic N) is 1. The lowest BCUT2D eigenvalue weighted by molar-refractivity contribution is -0.179. The van der Waals surface area contributed by atoms with Crippen LogP contribution in [0.1, 0.15) is 43.0 Å². The van der Waals surface area contributed by atoms with Crippen LogP contribution >= 0.6 is 0 Å². The van der Waals surface area contributed by atoms with Gasteiger partial charge in [0.25, 0.3) is 5.91 Å². The summed E-state index contributed by atoms with van der Waals surface area (Å²) in [7, 11) is -3.58. The van der Waals surface area contributed by atoms with Crippen LogP contribution in [0, 0.1) is 0 Å². The summed E-state index contributed by atoms with van der Waals surface area (Å²) in [5.41, 5.74) is 0.463. The highest BCUT2D eigenvalue weighted by molar-refractivity contribution is 7.89. The minimum atomic E-state index is -3.58. The Morgan fingerprint density at radius 1 is 1.15 bits per heavy atom. The van der Waals surface area contributed by atoms with E-state index in [9.17, 15) is 13.2 Å². The topological polar surface area (TPSA) is 84.9 Å². The van der Waals surface area contributed by atoms with Crippen molar-refractivity contribution in [1.82, 2.24) is 9.62 Å². The van der Waals surface area contributed by atoms with Crippen LogP contribution in [0.25, 0.3) is 0 Å². The van der Waals surface area contributed by atoms with Gasteiger partial charge in [-0.05, 0) is 30.7 Å². The van der Waals surface area contributed by atoms with Gasteiger partial charge < -0.3 is 14.8 Å². The quantitative estimate of drug-likeness (QED) is 0.758. The molecule has 0 aromatic heterocycles. The molecule has 0 radical (unpaired) electrons. The number of hydrogen-bond donors (Lipinski definition) is 1. The Labute approximate surface area is 154 Å². The van der Waals surface area contributed by atoms with Gasteiger partial charge in [-0.1, -0.05) is 13.3 Å². The molecule has 1 N–H and O–H groups in total. The minimum Gasteiger partial charge on any atom is -0.352 e. The number of sulfonamides is 1. The van der Waals surface area contributed by atoms with Crippen LogP contribution in [0.15, 0.2) is 29.2 Å². The van der Waals surface area contributed by atoms with Crippen molar-refractivity contribution in [2.24, 2.45) is 0 Å². The van der Waals surface area contributed by atoms with E-state index in [1.807, 2.05) is 0 Å². The van der Waals surface area contributed by atoms with E-state index in [-0.39, 0.29) is 10.8 Å². The highest BCUT2D eigenvalue weighted by Crippen LogP contribution is 2.33. The third-order valence-corrected chi connectivity index (χ3v) is 6.78. The fraction of sp³-hybridized carbons (Fsp3) is 0.611. The molecule has 0 aliphatic carbocycles. The summed E-state index contributed by atoms with van der Waals surface area (Å²) < 4.78 is 38.4. The van der Waals surface area contributed by atoms with Crippen molar-refractivity contribution in [2.45, 2.75) is 43.3 Å². The summed E-state index contributed by atoms with van der Waals surface area (Å²) in [5.74, 6) is -0.787. The maximum absolute atomic E-state index is 12.8. The molecule has 8 heteroatoms. The van der Waals surface area contributed by atoms with E-state index in [1.165, 1.54) is 16.4 Å². The van der Waals surface area contributed by atoms with Crippen LogP contribution in [0.4, 0.5) is 0 Å². The number of carbonyl (C=O) groups excluding carboxylic acids is 1. The standard InChI is InChI=1S/C18H26N2O5S/c1-2-3-10-19-17(21)15-4-6-16(7-5-15)26(22,23)20-11-8-18(9-12-20)24-13-14-25-18/h4-7H,2-3,8-14H2,1H3,(H,19,21). The molecule has 0 bridgehead atoms. The van der Waals surface area contributed by atoms with Gasteiger partial charge in [0.1, 0.15) is 0 Å². The SMILES string of the molecule is CCCCNC(=O)c1ccc(S(=O)(=O)N2CCC3(CC2)OCCO3)cc1. The predicted octanol–water partition coefficient (Wildman–Crippen LogP) is 1.74. The van der Waals surface area contributed by atoms with E-state index < -0.39 is 15.8 Å². The Kier molecular flexibility index (Phi) is 5.96. The van der Waals surface area contributed by atoms with Gasteiger partial charge in [0, 0.05) is 38.0 Å². The Hall–Kier alpha value is -1.48. The van der Waals surface area contributed by atoms with Crippen LogP contribution in [0.5, 0.6) is 0 Å². The number of rotatable bonds is 6. The van der Waals surface area contributed by atoms with Crippen LogP contribution in [-0.2, 0) is 19.5 Å². The monoisotopic (exact) mass is 382 g/mol. The summed E-state index contributed by atoms with van der Waals surface area (Å²) in [6.07, 6.45) is 2.99. The first kappa shape index (κ1) is 19.3. The molecule has 0 atom stereocenters. The zero-order valence-electron chi connectivity index (χ0n) is 15.1. The summed E-state index contributed by atoms with van der Waals surface area (Å²) in [6, 6.07) is 6.11. The maximum atomic E-state index is 12.8. The Morgan fingerprint density at radius 3 is 2.35 bits per heavy atom. The fourth-order valence-corrected chi connectivity index (χ4v) is 4.70. The van der Waals surface area contributed by atoms with Gasteiger partial charge in [-0.2, -0.15) is 4.31 Å². The summed E-state index contributed by atoms with van der Waals surface area (Å²) in [6.45, 7) is 4.53. The lowest BCUT2D eigenvalue weighted by atomic mass is 10.1. The molecular formula is C18H26N2O5S. The summed E-state index contributed by atoms with van der Waals surface area (Å²) in [5, 5.41) is 2.82. The third kappa shape index (κ3) is 4.09. The number of carbonyl (C=O) groups is 1. The molecule has 1 amide bonds. The zero-order chi connectivity index (χ0) is 18.6. The summed E-state index contributed by atoms with van der Waals surface area (Å²) >= 11 is 0. The van der Waals surface area contributed by atoms with E-state index in [0.717, 1.165) is 12.8 Å². The molecule has 26 heavy (non-hydrogen) atoms. The number of benzene rings is 1. The first-order chi connectivity index (χ1) is 12.5. The second kappa shape index (κ2) is 8.04.